The van der Waals surface area contributed by atoms with Crippen molar-refractivity contribution in [2.75, 3.05) is 13.7 Å². The SMILES string of the molecule is COC(=O)C(C)NS(=O)(=O)c1cncc(C#CCN)c1. The van der Waals surface area contributed by atoms with Crippen LogP contribution in [0.25, 0.3) is 0 Å². The van der Waals surface area contributed by atoms with Gasteiger partial charge in [0.05, 0.1) is 13.7 Å². The van der Waals surface area contributed by atoms with Gasteiger partial charge in [-0.3, -0.25) is 9.78 Å². The average molecular weight is 297 g/mol. The molecule has 8 heteroatoms. The van der Waals surface area contributed by atoms with Crippen LogP contribution < -0.4 is 10.5 Å². The Morgan fingerprint density at radius 3 is 2.85 bits per heavy atom. The molecular weight excluding hydrogens is 282 g/mol. The number of nitrogens with two attached hydrogens (primary N) is 1. The second kappa shape index (κ2) is 7.00. The van der Waals surface area contributed by atoms with Gasteiger partial charge in [0.25, 0.3) is 0 Å². The Morgan fingerprint density at radius 1 is 1.55 bits per heavy atom. The number of nitrogens with zero attached hydrogens (tertiary/aromatic N) is 1. The van der Waals surface area contributed by atoms with Crippen molar-refractivity contribution < 1.29 is 17.9 Å². The van der Waals surface area contributed by atoms with Gasteiger partial charge in [-0.05, 0) is 13.0 Å². The van der Waals surface area contributed by atoms with Crippen LogP contribution in [-0.4, -0.2) is 39.1 Å². The molecule has 3 N–H and O–H groups in total. The minimum absolute atomic E-state index is 0.0860. The van der Waals surface area contributed by atoms with Crippen molar-refractivity contribution in [3.05, 3.63) is 24.0 Å². The van der Waals surface area contributed by atoms with Crippen LogP contribution in [0.3, 0.4) is 0 Å². The number of aromatic nitrogens is 1. The summed E-state index contributed by atoms with van der Waals surface area (Å²) in [4.78, 5) is 14.9. The molecule has 0 aliphatic carbocycles. The normalized spacial score (nSPS) is 12.2. The molecule has 0 radical (unpaired) electrons. The maximum atomic E-state index is 12.1. The van der Waals surface area contributed by atoms with Crippen LogP contribution in [0, 0.1) is 11.8 Å². The van der Waals surface area contributed by atoms with Gasteiger partial charge >= 0.3 is 5.97 Å². The lowest BCUT2D eigenvalue weighted by atomic mass is 10.3. The molecular formula is C12H15N3O4S. The molecule has 7 nitrogen and oxygen atoms in total. The first-order valence-corrected chi connectivity index (χ1v) is 7.13. The number of esters is 1. The lowest BCUT2D eigenvalue weighted by Gasteiger charge is -2.11. The van der Waals surface area contributed by atoms with Gasteiger partial charge in [0.15, 0.2) is 0 Å². The third kappa shape index (κ3) is 4.31. The van der Waals surface area contributed by atoms with Gasteiger partial charge in [0.1, 0.15) is 10.9 Å². The van der Waals surface area contributed by atoms with Crippen LogP contribution in [-0.2, 0) is 19.6 Å². The number of methoxy groups -OCH3 is 1. The number of nitrogens with one attached hydrogen (secondary N) is 1. The summed E-state index contributed by atoms with van der Waals surface area (Å²) in [5, 5.41) is 0. The zero-order valence-corrected chi connectivity index (χ0v) is 11.9. The van der Waals surface area contributed by atoms with E-state index in [1.807, 2.05) is 0 Å². The van der Waals surface area contributed by atoms with E-state index in [0.717, 1.165) is 0 Å². The fraction of sp³-hybridized carbons (Fsp3) is 0.333. The molecule has 0 bridgehead atoms. The lowest BCUT2D eigenvalue weighted by molar-refractivity contribution is -0.142. The van der Waals surface area contributed by atoms with Gasteiger partial charge in [0.2, 0.25) is 10.0 Å². The quantitative estimate of drug-likeness (QED) is 0.558. The Balaban J connectivity index is 3.01. The van der Waals surface area contributed by atoms with E-state index in [2.05, 4.69) is 26.3 Å². The number of sulfonamides is 1. The van der Waals surface area contributed by atoms with Gasteiger partial charge in [0, 0.05) is 18.0 Å². The first kappa shape index (κ1) is 16.1. The molecule has 1 aromatic rings. The molecule has 0 aliphatic heterocycles. The fourth-order valence-electron chi connectivity index (χ4n) is 1.31. The second-order valence-corrected chi connectivity index (χ2v) is 5.50. The maximum absolute atomic E-state index is 12.1. The zero-order valence-electron chi connectivity index (χ0n) is 11.1. The number of hydrogen-bond donors (Lipinski definition) is 2. The zero-order chi connectivity index (χ0) is 15.2. The van der Waals surface area contributed by atoms with E-state index >= 15 is 0 Å². The second-order valence-electron chi connectivity index (χ2n) is 3.78. The topological polar surface area (TPSA) is 111 Å². The van der Waals surface area contributed by atoms with Crippen molar-refractivity contribution in [3.8, 4) is 11.8 Å². The van der Waals surface area contributed by atoms with Crippen LogP contribution in [0.1, 0.15) is 12.5 Å². The molecule has 0 saturated heterocycles. The molecule has 0 saturated carbocycles. The highest BCUT2D eigenvalue weighted by atomic mass is 32.2. The minimum Gasteiger partial charge on any atom is -0.468 e. The molecule has 20 heavy (non-hydrogen) atoms. The Hall–Kier alpha value is -1.95. The van der Waals surface area contributed by atoms with Crippen molar-refractivity contribution in [1.82, 2.24) is 9.71 Å². The van der Waals surface area contributed by atoms with Gasteiger partial charge < -0.3 is 10.5 Å². The van der Waals surface area contributed by atoms with E-state index in [4.69, 9.17) is 5.73 Å². The summed E-state index contributed by atoms with van der Waals surface area (Å²) < 4.78 is 30.8. The van der Waals surface area contributed by atoms with E-state index in [-0.39, 0.29) is 11.4 Å². The molecule has 0 aromatic carbocycles. The highest BCUT2D eigenvalue weighted by molar-refractivity contribution is 7.89. The number of carbonyl (C=O) groups is 1. The van der Waals surface area contributed by atoms with Gasteiger partial charge in [-0.2, -0.15) is 4.72 Å². The average Bonchev–Trinajstić information content (AvgIpc) is 2.44. The number of rotatable bonds is 4. The summed E-state index contributed by atoms with van der Waals surface area (Å²) in [5.41, 5.74) is 5.66. The Morgan fingerprint density at radius 2 is 2.25 bits per heavy atom. The number of carbonyl (C=O) groups excluding carboxylic acids is 1. The van der Waals surface area contributed by atoms with Crippen molar-refractivity contribution in [2.24, 2.45) is 5.73 Å². The van der Waals surface area contributed by atoms with Gasteiger partial charge in [-0.1, -0.05) is 11.8 Å². The third-order valence-electron chi connectivity index (χ3n) is 2.24. The smallest absolute Gasteiger partial charge is 0.323 e. The Bertz CT molecular complexity index is 646. The highest BCUT2D eigenvalue weighted by Gasteiger charge is 2.22. The molecule has 0 spiro atoms. The first-order valence-electron chi connectivity index (χ1n) is 5.65. The largest absolute Gasteiger partial charge is 0.468 e. The number of pyridine rings is 1. The molecule has 0 amide bonds. The van der Waals surface area contributed by atoms with Crippen LogP contribution in [0.2, 0.25) is 0 Å². The van der Waals surface area contributed by atoms with Gasteiger partial charge in [-0.25, -0.2) is 8.42 Å². The van der Waals surface area contributed by atoms with E-state index in [0.29, 0.717) is 5.56 Å². The minimum atomic E-state index is -3.87. The van der Waals surface area contributed by atoms with Gasteiger partial charge in [-0.15, -0.1) is 0 Å². The summed E-state index contributed by atoms with van der Waals surface area (Å²) >= 11 is 0. The fourth-order valence-corrected chi connectivity index (χ4v) is 2.49. The predicted molar refractivity (Wildman–Crippen MR) is 72.0 cm³/mol. The lowest BCUT2D eigenvalue weighted by Crippen LogP contribution is -2.39. The maximum Gasteiger partial charge on any atom is 0.323 e. The molecule has 0 fully saturated rings. The summed E-state index contributed by atoms with van der Waals surface area (Å²) in [6, 6.07) is 0.353. The first-order chi connectivity index (χ1) is 9.40. The van der Waals surface area contributed by atoms with E-state index in [1.165, 1.54) is 32.5 Å². The summed E-state index contributed by atoms with van der Waals surface area (Å²) in [7, 11) is -2.70. The standard InChI is InChI=1S/C12H15N3O4S/c1-9(12(16)19-2)15-20(17,18)11-6-10(4-3-5-13)7-14-8-11/h6-9,15H,5,13H2,1-2H3. The molecule has 1 unspecified atom stereocenters. The predicted octanol–water partition coefficient (Wildman–Crippen LogP) is -0.768. The van der Waals surface area contributed by atoms with Crippen LogP contribution in [0.5, 0.6) is 0 Å². The molecule has 1 rings (SSSR count). The molecule has 1 aromatic heterocycles. The molecule has 1 heterocycles. The summed E-state index contributed by atoms with van der Waals surface area (Å²) in [6.45, 7) is 1.55. The summed E-state index contributed by atoms with van der Waals surface area (Å²) in [6.07, 6.45) is 2.59. The van der Waals surface area contributed by atoms with Crippen molar-refractivity contribution >= 4 is 16.0 Å². The van der Waals surface area contributed by atoms with Crippen LogP contribution >= 0.6 is 0 Å². The van der Waals surface area contributed by atoms with Crippen molar-refractivity contribution in [3.63, 3.8) is 0 Å². The molecule has 108 valence electrons. The third-order valence-corrected chi connectivity index (χ3v) is 3.75. The number of ether oxygens (including phenoxy) is 1. The molecule has 0 aliphatic rings. The van der Waals surface area contributed by atoms with E-state index in [9.17, 15) is 13.2 Å². The van der Waals surface area contributed by atoms with E-state index in [1.54, 1.807) is 0 Å². The van der Waals surface area contributed by atoms with Crippen molar-refractivity contribution in [2.45, 2.75) is 17.9 Å². The van der Waals surface area contributed by atoms with Crippen molar-refractivity contribution in [1.29, 1.82) is 0 Å². The summed E-state index contributed by atoms with van der Waals surface area (Å²) in [5.74, 6) is 4.60. The Kier molecular flexibility index (Phi) is 5.64. The monoisotopic (exact) mass is 297 g/mol. The molecule has 1 atom stereocenters. The van der Waals surface area contributed by atoms with E-state index < -0.39 is 22.0 Å². The number of hydrogen-bond acceptors (Lipinski definition) is 6. The van der Waals surface area contributed by atoms with Crippen LogP contribution in [0.15, 0.2) is 23.4 Å². The van der Waals surface area contributed by atoms with Crippen LogP contribution in [0.4, 0.5) is 0 Å². The highest BCUT2D eigenvalue weighted by Crippen LogP contribution is 2.09. The Labute approximate surface area is 117 Å².